The molecule has 1 aliphatic rings. The summed E-state index contributed by atoms with van der Waals surface area (Å²) in [6.07, 6.45) is 4.91. The number of halogens is 1. The molecule has 0 bridgehead atoms. The van der Waals surface area contributed by atoms with Crippen LogP contribution < -0.4 is 10.2 Å². The first-order valence-corrected chi connectivity index (χ1v) is 9.59. The van der Waals surface area contributed by atoms with Gasteiger partial charge in [-0.15, -0.1) is 5.10 Å². The SMILES string of the molecule is C[C@H]1CN(c2ccc3nc(-c4ccnc(F)c4)c(-c4ccncc4)n3n2)CCN1. The topological polar surface area (TPSA) is 71.2 Å². The fourth-order valence-electron chi connectivity index (χ4n) is 3.75. The number of nitrogens with zero attached hydrogens (tertiary/aromatic N) is 6. The lowest BCUT2D eigenvalue weighted by atomic mass is 10.1. The number of hydrogen-bond donors (Lipinski definition) is 1. The molecule has 0 saturated carbocycles. The zero-order valence-corrected chi connectivity index (χ0v) is 16.0. The highest BCUT2D eigenvalue weighted by Gasteiger charge is 2.21. The molecule has 0 unspecified atom stereocenters. The third kappa shape index (κ3) is 3.31. The minimum atomic E-state index is -0.538. The molecular formula is C21H20FN7. The molecule has 0 amide bonds. The van der Waals surface area contributed by atoms with Crippen LogP contribution in [0.15, 0.2) is 55.0 Å². The van der Waals surface area contributed by atoms with Gasteiger partial charge in [-0.1, -0.05) is 0 Å². The predicted molar refractivity (Wildman–Crippen MR) is 109 cm³/mol. The predicted octanol–water partition coefficient (Wildman–Crippen LogP) is 2.79. The van der Waals surface area contributed by atoms with Crippen LogP contribution in [0, 0.1) is 5.95 Å². The van der Waals surface area contributed by atoms with E-state index in [-0.39, 0.29) is 0 Å². The summed E-state index contributed by atoms with van der Waals surface area (Å²) in [4.78, 5) is 14.8. The highest BCUT2D eigenvalue weighted by atomic mass is 19.1. The Balaban J connectivity index is 1.71. The van der Waals surface area contributed by atoms with E-state index in [9.17, 15) is 4.39 Å². The van der Waals surface area contributed by atoms with Crippen molar-refractivity contribution in [3.8, 4) is 22.5 Å². The van der Waals surface area contributed by atoms with Crippen LogP contribution in [0.4, 0.5) is 10.2 Å². The maximum Gasteiger partial charge on any atom is 0.213 e. The molecule has 29 heavy (non-hydrogen) atoms. The van der Waals surface area contributed by atoms with Crippen molar-refractivity contribution >= 4 is 11.5 Å². The Labute approximate surface area is 167 Å². The van der Waals surface area contributed by atoms with E-state index in [0.29, 0.717) is 22.9 Å². The Morgan fingerprint density at radius 3 is 2.69 bits per heavy atom. The molecule has 0 radical (unpaired) electrons. The molecule has 8 heteroatoms. The summed E-state index contributed by atoms with van der Waals surface area (Å²) in [6, 6.07) is 11.3. The summed E-state index contributed by atoms with van der Waals surface area (Å²) in [5, 5.41) is 8.35. The van der Waals surface area contributed by atoms with Crippen LogP contribution in [-0.2, 0) is 0 Å². The molecule has 7 nitrogen and oxygen atoms in total. The van der Waals surface area contributed by atoms with Gasteiger partial charge in [0.25, 0.3) is 0 Å². The van der Waals surface area contributed by atoms with Gasteiger partial charge in [-0.25, -0.2) is 14.5 Å². The van der Waals surface area contributed by atoms with Crippen molar-refractivity contribution in [3.63, 3.8) is 0 Å². The minimum Gasteiger partial charge on any atom is -0.352 e. The molecule has 5 heterocycles. The van der Waals surface area contributed by atoms with Crippen molar-refractivity contribution < 1.29 is 4.39 Å². The Kier molecular flexibility index (Phi) is 4.40. The van der Waals surface area contributed by atoms with E-state index in [1.165, 1.54) is 12.3 Å². The average molecular weight is 389 g/mol. The minimum absolute atomic E-state index is 0.402. The maximum atomic E-state index is 13.8. The summed E-state index contributed by atoms with van der Waals surface area (Å²) in [5.74, 6) is 0.356. The number of imidazole rings is 1. The van der Waals surface area contributed by atoms with E-state index in [1.807, 2.05) is 28.8 Å². The number of anilines is 1. The van der Waals surface area contributed by atoms with E-state index >= 15 is 0 Å². The van der Waals surface area contributed by atoms with Crippen LogP contribution in [-0.4, -0.2) is 50.2 Å². The first kappa shape index (κ1) is 17.7. The van der Waals surface area contributed by atoms with Crippen LogP contribution in [0.3, 0.4) is 0 Å². The molecule has 1 aliphatic heterocycles. The maximum absolute atomic E-state index is 13.8. The molecule has 1 atom stereocenters. The van der Waals surface area contributed by atoms with Crippen molar-refractivity contribution in [1.29, 1.82) is 0 Å². The molecule has 0 aliphatic carbocycles. The second-order valence-corrected chi connectivity index (χ2v) is 7.17. The monoisotopic (exact) mass is 389 g/mol. The van der Waals surface area contributed by atoms with Gasteiger partial charge in [-0.05, 0) is 37.3 Å². The van der Waals surface area contributed by atoms with Gasteiger partial charge >= 0.3 is 0 Å². The largest absolute Gasteiger partial charge is 0.352 e. The van der Waals surface area contributed by atoms with Gasteiger partial charge < -0.3 is 10.2 Å². The lowest BCUT2D eigenvalue weighted by Gasteiger charge is -2.32. The number of nitrogens with one attached hydrogen (secondary N) is 1. The van der Waals surface area contributed by atoms with Gasteiger partial charge in [0.15, 0.2) is 5.65 Å². The van der Waals surface area contributed by atoms with Gasteiger partial charge in [-0.3, -0.25) is 4.98 Å². The summed E-state index contributed by atoms with van der Waals surface area (Å²) in [6.45, 7) is 4.87. The molecule has 146 valence electrons. The Morgan fingerprint density at radius 1 is 1.07 bits per heavy atom. The number of aromatic nitrogens is 5. The second-order valence-electron chi connectivity index (χ2n) is 7.17. The first-order valence-electron chi connectivity index (χ1n) is 9.59. The van der Waals surface area contributed by atoms with E-state index in [4.69, 9.17) is 10.1 Å². The van der Waals surface area contributed by atoms with Crippen molar-refractivity contribution in [3.05, 3.63) is 60.9 Å². The van der Waals surface area contributed by atoms with Gasteiger partial charge in [0.1, 0.15) is 11.5 Å². The van der Waals surface area contributed by atoms with Crippen molar-refractivity contribution in [2.75, 3.05) is 24.5 Å². The number of pyridine rings is 2. The third-order valence-electron chi connectivity index (χ3n) is 5.11. The molecule has 0 spiro atoms. The summed E-state index contributed by atoms with van der Waals surface area (Å²) in [7, 11) is 0. The number of piperazine rings is 1. The molecule has 4 aromatic heterocycles. The molecule has 0 aromatic carbocycles. The van der Waals surface area contributed by atoms with Crippen LogP contribution in [0.1, 0.15) is 6.92 Å². The summed E-state index contributed by atoms with van der Waals surface area (Å²) < 4.78 is 15.6. The molecule has 1 N–H and O–H groups in total. The lowest BCUT2D eigenvalue weighted by molar-refractivity contribution is 0.481. The van der Waals surface area contributed by atoms with Gasteiger partial charge in [0, 0.05) is 61.5 Å². The lowest BCUT2D eigenvalue weighted by Crippen LogP contribution is -2.49. The molecule has 4 aromatic rings. The zero-order chi connectivity index (χ0) is 19.8. The number of rotatable bonds is 3. The van der Waals surface area contributed by atoms with Crippen LogP contribution in [0.25, 0.3) is 28.2 Å². The van der Waals surface area contributed by atoms with Gasteiger partial charge in [0.2, 0.25) is 5.95 Å². The highest BCUT2D eigenvalue weighted by Crippen LogP contribution is 2.32. The van der Waals surface area contributed by atoms with Gasteiger partial charge in [0.05, 0.1) is 5.69 Å². The second kappa shape index (κ2) is 7.21. The Hall–Kier alpha value is -3.39. The number of hydrogen-bond acceptors (Lipinski definition) is 6. The highest BCUT2D eigenvalue weighted by molar-refractivity contribution is 5.81. The van der Waals surface area contributed by atoms with E-state index in [2.05, 4.69) is 27.1 Å². The van der Waals surface area contributed by atoms with E-state index < -0.39 is 5.95 Å². The van der Waals surface area contributed by atoms with Crippen molar-refractivity contribution in [1.82, 2.24) is 29.9 Å². The summed E-state index contributed by atoms with van der Waals surface area (Å²) in [5.41, 5.74) is 3.75. The van der Waals surface area contributed by atoms with Gasteiger partial charge in [-0.2, -0.15) is 4.39 Å². The zero-order valence-electron chi connectivity index (χ0n) is 16.0. The van der Waals surface area contributed by atoms with Crippen LogP contribution in [0.5, 0.6) is 0 Å². The standard InChI is InChI=1S/C21H20FN7/c1-14-13-28(11-10-24-14)19-3-2-18-26-20(16-6-9-25-17(22)12-16)21(29(18)27-19)15-4-7-23-8-5-15/h2-9,12,14,24H,10-11,13H2,1H3/t14-/m0/s1. The van der Waals surface area contributed by atoms with E-state index in [1.54, 1.807) is 18.5 Å². The van der Waals surface area contributed by atoms with Crippen LogP contribution >= 0.6 is 0 Å². The fraction of sp³-hybridized carbons (Fsp3) is 0.238. The smallest absolute Gasteiger partial charge is 0.213 e. The van der Waals surface area contributed by atoms with E-state index in [0.717, 1.165) is 36.7 Å². The fourth-order valence-corrected chi connectivity index (χ4v) is 3.75. The Morgan fingerprint density at radius 2 is 1.90 bits per heavy atom. The van der Waals surface area contributed by atoms with Crippen molar-refractivity contribution in [2.24, 2.45) is 0 Å². The first-order chi connectivity index (χ1) is 14.2. The third-order valence-corrected chi connectivity index (χ3v) is 5.11. The number of fused-ring (bicyclic) bond motifs is 1. The molecule has 1 saturated heterocycles. The normalized spacial score (nSPS) is 17.0. The summed E-state index contributed by atoms with van der Waals surface area (Å²) >= 11 is 0. The quantitative estimate of drug-likeness (QED) is 0.544. The molecule has 1 fully saturated rings. The Bertz CT molecular complexity index is 1160. The molecular weight excluding hydrogens is 369 g/mol. The average Bonchev–Trinajstić information content (AvgIpc) is 3.13. The molecule has 5 rings (SSSR count). The van der Waals surface area contributed by atoms with Crippen LogP contribution in [0.2, 0.25) is 0 Å². The van der Waals surface area contributed by atoms with Crippen molar-refractivity contribution in [2.45, 2.75) is 13.0 Å².